The van der Waals surface area contributed by atoms with Gasteiger partial charge >= 0.3 is 0 Å². The van der Waals surface area contributed by atoms with Gasteiger partial charge in [0.1, 0.15) is 5.75 Å². The lowest BCUT2D eigenvalue weighted by molar-refractivity contribution is 0.408. The number of nitrogens with two attached hydrogens (primary N) is 1. The summed E-state index contributed by atoms with van der Waals surface area (Å²) in [5.41, 5.74) is 10.8. The summed E-state index contributed by atoms with van der Waals surface area (Å²) < 4.78 is 6.43. The zero-order valence-electron chi connectivity index (χ0n) is 11.4. The van der Waals surface area contributed by atoms with E-state index in [0.717, 1.165) is 32.5 Å². The molecule has 0 saturated heterocycles. The maximum atomic E-state index is 6.38. The second-order valence-electron chi connectivity index (χ2n) is 4.69. The quantitative estimate of drug-likeness (QED) is 0.923. The SMILES string of the molecule is COc1c(C)cc(C(N)c2ccccc2Br)cc1C. The van der Waals surface area contributed by atoms with E-state index in [1.54, 1.807) is 7.11 Å². The first-order chi connectivity index (χ1) is 9.04. The van der Waals surface area contributed by atoms with Crippen LogP contribution in [0.1, 0.15) is 28.3 Å². The fourth-order valence-corrected chi connectivity index (χ4v) is 2.92. The highest BCUT2D eigenvalue weighted by atomic mass is 79.9. The Balaban J connectivity index is 2.45. The summed E-state index contributed by atoms with van der Waals surface area (Å²) in [7, 11) is 1.70. The van der Waals surface area contributed by atoms with Gasteiger partial charge in [0.15, 0.2) is 0 Å². The van der Waals surface area contributed by atoms with Crippen molar-refractivity contribution in [3.8, 4) is 5.75 Å². The van der Waals surface area contributed by atoms with Crippen molar-refractivity contribution in [1.29, 1.82) is 0 Å². The maximum absolute atomic E-state index is 6.38. The van der Waals surface area contributed by atoms with Gasteiger partial charge in [-0.15, -0.1) is 0 Å². The highest BCUT2D eigenvalue weighted by molar-refractivity contribution is 9.10. The monoisotopic (exact) mass is 319 g/mol. The van der Waals surface area contributed by atoms with Gasteiger partial charge in [-0.1, -0.05) is 46.3 Å². The van der Waals surface area contributed by atoms with E-state index in [9.17, 15) is 0 Å². The van der Waals surface area contributed by atoms with E-state index in [2.05, 4.69) is 28.1 Å². The Labute approximate surface area is 122 Å². The molecule has 19 heavy (non-hydrogen) atoms. The number of halogens is 1. The van der Waals surface area contributed by atoms with Crippen molar-refractivity contribution < 1.29 is 4.74 Å². The van der Waals surface area contributed by atoms with Crippen LogP contribution in [0.25, 0.3) is 0 Å². The zero-order chi connectivity index (χ0) is 14.0. The summed E-state index contributed by atoms with van der Waals surface area (Å²) in [5, 5.41) is 0. The summed E-state index contributed by atoms with van der Waals surface area (Å²) >= 11 is 3.55. The van der Waals surface area contributed by atoms with Gasteiger partial charge < -0.3 is 10.5 Å². The summed E-state index contributed by atoms with van der Waals surface area (Å²) in [4.78, 5) is 0. The number of ether oxygens (including phenoxy) is 1. The van der Waals surface area contributed by atoms with Crippen LogP contribution in [-0.2, 0) is 0 Å². The fraction of sp³-hybridized carbons (Fsp3) is 0.250. The maximum Gasteiger partial charge on any atom is 0.124 e. The van der Waals surface area contributed by atoms with Crippen molar-refractivity contribution in [2.45, 2.75) is 19.9 Å². The van der Waals surface area contributed by atoms with Crippen LogP contribution < -0.4 is 10.5 Å². The predicted molar refractivity (Wildman–Crippen MR) is 82.6 cm³/mol. The average Bonchev–Trinajstić information content (AvgIpc) is 2.38. The molecule has 2 rings (SSSR count). The topological polar surface area (TPSA) is 35.2 Å². The second-order valence-corrected chi connectivity index (χ2v) is 5.54. The molecular weight excluding hydrogens is 302 g/mol. The highest BCUT2D eigenvalue weighted by Gasteiger charge is 2.14. The Kier molecular flexibility index (Phi) is 4.27. The lowest BCUT2D eigenvalue weighted by Gasteiger charge is -2.17. The van der Waals surface area contributed by atoms with Crippen LogP contribution in [0.2, 0.25) is 0 Å². The Morgan fingerprint density at radius 2 is 1.68 bits per heavy atom. The third-order valence-electron chi connectivity index (χ3n) is 3.29. The second kappa shape index (κ2) is 5.76. The van der Waals surface area contributed by atoms with E-state index in [0.29, 0.717) is 0 Å². The number of methoxy groups -OCH3 is 1. The Bertz CT molecular complexity index is 572. The molecule has 0 aliphatic heterocycles. The van der Waals surface area contributed by atoms with Crippen LogP contribution in [0.15, 0.2) is 40.9 Å². The number of rotatable bonds is 3. The molecule has 2 nitrogen and oxygen atoms in total. The molecule has 2 N–H and O–H groups in total. The van der Waals surface area contributed by atoms with Gasteiger partial charge in [-0.3, -0.25) is 0 Å². The lowest BCUT2D eigenvalue weighted by Crippen LogP contribution is -2.13. The van der Waals surface area contributed by atoms with Crippen molar-refractivity contribution in [2.75, 3.05) is 7.11 Å². The number of hydrogen-bond donors (Lipinski definition) is 1. The minimum absolute atomic E-state index is 0.140. The third kappa shape index (κ3) is 2.82. The van der Waals surface area contributed by atoms with E-state index >= 15 is 0 Å². The van der Waals surface area contributed by atoms with E-state index in [1.165, 1.54) is 0 Å². The molecule has 0 radical (unpaired) electrons. The first kappa shape index (κ1) is 14.1. The van der Waals surface area contributed by atoms with Crippen molar-refractivity contribution in [1.82, 2.24) is 0 Å². The summed E-state index contributed by atoms with van der Waals surface area (Å²) in [6, 6.07) is 12.1. The normalized spacial score (nSPS) is 12.3. The minimum atomic E-state index is -0.140. The minimum Gasteiger partial charge on any atom is -0.496 e. The van der Waals surface area contributed by atoms with Gasteiger partial charge in [-0.05, 0) is 42.2 Å². The van der Waals surface area contributed by atoms with Crippen molar-refractivity contribution >= 4 is 15.9 Å². The van der Waals surface area contributed by atoms with Crippen LogP contribution in [0.4, 0.5) is 0 Å². The van der Waals surface area contributed by atoms with Gasteiger partial charge in [0.25, 0.3) is 0 Å². The fourth-order valence-electron chi connectivity index (χ4n) is 2.39. The lowest BCUT2D eigenvalue weighted by atomic mass is 9.96. The molecule has 0 heterocycles. The molecule has 0 aliphatic carbocycles. The summed E-state index contributed by atoms with van der Waals surface area (Å²) in [5.74, 6) is 0.933. The molecule has 0 saturated carbocycles. The van der Waals surface area contributed by atoms with Gasteiger partial charge in [0.2, 0.25) is 0 Å². The van der Waals surface area contributed by atoms with Gasteiger partial charge in [-0.25, -0.2) is 0 Å². The van der Waals surface area contributed by atoms with Gasteiger partial charge in [-0.2, -0.15) is 0 Å². The smallest absolute Gasteiger partial charge is 0.124 e. The van der Waals surface area contributed by atoms with E-state index in [-0.39, 0.29) is 6.04 Å². The number of hydrogen-bond acceptors (Lipinski definition) is 2. The largest absolute Gasteiger partial charge is 0.496 e. The highest BCUT2D eigenvalue weighted by Crippen LogP contribution is 2.31. The summed E-state index contributed by atoms with van der Waals surface area (Å²) in [6.45, 7) is 4.09. The molecule has 0 spiro atoms. The van der Waals surface area contributed by atoms with Crippen LogP contribution in [0.5, 0.6) is 5.75 Å². The van der Waals surface area contributed by atoms with Crippen molar-refractivity contribution in [3.63, 3.8) is 0 Å². The molecule has 0 aromatic heterocycles. The molecule has 2 aromatic rings. The van der Waals surface area contributed by atoms with Crippen LogP contribution in [-0.4, -0.2) is 7.11 Å². The first-order valence-corrected chi connectivity index (χ1v) is 6.99. The Morgan fingerprint density at radius 1 is 1.11 bits per heavy atom. The molecule has 3 heteroatoms. The third-order valence-corrected chi connectivity index (χ3v) is 4.01. The van der Waals surface area contributed by atoms with Crippen molar-refractivity contribution in [3.05, 3.63) is 63.1 Å². The Morgan fingerprint density at radius 3 is 2.21 bits per heavy atom. The first-order valence-electron chi connectivity index (χ1n) is 6.19. The molecule has 0 aliphatic rings. The number of aryl methyl sites for hydroxylation is 2. The van der Waals surface area contributed by atoms with E-state index in [4.69, 9.17) is 10.5 Å². The molecule has 0 fully saturated rings. The molecule has 1 atom stereocenters. The number of benzene rings is 2. The zero-order valence-corrected chi connectivity index (χ0v) is 13.0. The molecule has 2 aromatic carbocycles. The standard InChI is InChI=1S/C16H18BrNO/c1-10-8-12(9-11(2)16(10)19-3)15(18)13-6-4-5-7-14(13)17/h4-9,15H,18H2,1-3H3. The van der Waals surface area contributed by atoms with Gasteiger partial charge in [0.05, 0.1) is 13.2 Å². The average molecular weight is 320 g/mol. The molecule has 1 unspecified atom stereocenters. The molecule has 0 amide bonds. The molecule has 100 valence electrons. The van der Waals surface area contributed by atoms with Crippen LogP contribution >= 0.6 is 15.9 Å². The Hall–Kier alpha value is -1.32. The van der Waals surface area contributed by atoms with E-state index < -0.39 is 0 Å². The summed E-state index contributed by atoms with van der Waals surface area (Å²) in [6.07, 6.45) is 0. The molecule has 0 bridgehead atoms. The van der Waals surface area contributed by atoms with Crippen molar-refractivity contribution in [2.24, 2.45) is 5.73 Å². The van der Waals surface area contributed by atoms with Gasteiger partial charge in [0, 0.05) is 4.47 Å². The van der Waals surface area contributed by atoms with Crippen LogP contribution in [0, 0.1) is 13.8 Å². The molecular formula is C16H18BrNO. The van der Waals surface area contributed by atoms with Crippen LogP contribution in [0.3, 0.4) is 0 Å². The predicted octanol–water partition coefficient (Wildman–Crippen LogP) is 4.12. The van der Waals surface area contributed by atoms with E-state index in [1.807, 2.05) is 38.1 Å².